The van der Waals surface area contributed by atoms with Crippen molar-refractivity contribution in [1.29, 1.82) is 0 Å². The van der Waals surface area contributed by atoms with Crippen LogP contribution in [0.4, 0.5) is 4.39 Å². The Kier molecular flexibility index (Phi) is 7.33. The third-order valence-electron chi connectivity index (χ3n) is 4.08. The van der Waals surface area contributed by atoms with Gasteiger partial charge in [0.2, 0.25) is 0 Å². The molecule has 1 aromatic rings. The molecule has 0 aliphatic carbocycles. The first-order valence-corrected chi connectivity index (χ1v) is 8.46. The van der Waals surface area contributed by atoms with Crippen LogP contribution in [0.3, 0.4) is 0 Å². The fourth-order valence-electron chi connectivity index (χ4n) is 2.87. The van der Waals surface area contributed by atoms with E-state index >= 15 is 0 Å². The van der Waals surface area contributed by atoms with Crippen LogP contribution < -0.4 is 4.74 Å². The molecule has 1 unspecified atom stereocenters. The molecule has 0 N–H and O–H groups in total. The smallest absolute Gasteiger partial charge is 0.310 e. The van der Waals surface area contributed by atoms with Crippen LogP contribution in [0, 0.1) is 11.7 Å². The van der Waals surface area contributed by atoms with Gasteiger partial charge in [0.15, 0.2) is 0 Å². The van der Waals surface area contributed by atoms with Gasteiger partial charge in [-0.05, 0) is 70.0 Å². The summed E-state index contributed by atoms with van der Waals surface area (Å²) in [4.78, 5) is 14.1. The predicted octanol–water partition coefficient (Wildman–Crippen LogP) is 3.26. The van der Waals surface area contributed by atoms with Crippen LogP contribution in [-0.2, 0) is 9.53 Å². The molecule has 1 saturated heterocycles. The van der Waals surface area contributed by atoms with E-state index in [0.717, 1.165) is 45.3 Å². The molecule has 1 atom stereocenters. The molecule has 0 aromatic heterocycles. The third kappa shape index (κ3) is 6.18. The van der Waals surface area contributed by atoms with E-state index in [1.165, 1.54) is 12.1 Å². The van der Waals surface area contributed by atoms with Crippen molar-refractivity contribution in [2.24, 2.45) is 5.92 Å². The molecule has 1 aliphatic rings. The number of halogens is 1. The van der Waals surface area contributed by atoms with E-state index in [-0.39, 0.29) is 17.7 Å². The molecule has 0 amide bonds. The number of piperidine rings is 1. The molecule has 128 valence electrons. The number of ether oxygens (including phenoxy) is 2. The maximum atomic E-state index is 12.8. The maximum absolute atomic E-state index is 12.8. The van der Waals surface area contributed by atoms with E-state index in [9.17, 15) is 9.18 Å². The van der Waals surface area contributed by atoms with Crippen molar-refractivity contribution >= 4 is 5.97 Å². The molecule has 0 spiro atoms. The normalized spacial score (nSPS) is 18.6. The molecule has 1 fully saturated rings. The van der Waals surface area contributed by atoms with E-state index in [4.69, 9.17) is 9.47 Å². The molecule has 1 heterocycles. The van der Waals surface area contributed by atoms with Gasteiger partial charge in [0, 0.05) is 6.54 Å². The number of carbonyl (C=O) groups is 1. The number of hydrogen-bond acceptors (Lipinski definition) is 4. The standard InChI is InChI=1S/C18H26FNO3/c1-2-22-18(21)15-6-5-12-20(14-15)11-3-4-13-23-17-9-7-16(19)8-10-17/h7-10,15H,2-6,11-14H2,1H3. The van der Waals surface area contributed by atoms with Gasteiger partial charge in [0.25, 0.3) is 0 Å². The SMILES string of the molecule is CCOC(=O)C1CCCN(CCCCOc2ccc(F)cc2)C1. The summed E-state index contributed by atoms with van der Waals surface area (Å²) in [6.45, 7) is 5.76. The van der Waals surface area contributed by atoms with E-state index in [0.29, 0.717) is 19.0 Å². The largest absolute Gasteiger partial charge is 0.494 e. The van der Waals surface area contributed by atoms with Crippen LogP contribution in [0.5, 0.6) is 5.75 Å². The second kappa shape index (κ2) is 9.50. The van der Waals surface area contributed by atoms with Crippen LogP contribution in [-0.4, -0.2) is 43.7 Å². The zero-order valence-corrected chi connectivity index (χ0v) is 13.8. The van der Waals surface area contributed by atoms with Gasteiger partial charge in [0.1, 0.15) is 11.6 Å². The fourth-order valence-corrected chi connectivity index (χ4v) is 2.87. The lowest BCUT2D eigenvalue weighted by Crippen LogP contribution is -2.39. The molecule has 2 rings (SSSR count). The number of unbranched alkanes of at least 4 members (excludes halogenated alkanes) is 1. The summed E-state index contributed by atoms with van der Waals surface area (Å²) in [6.07, 6.45) is 3.95. The average molecular weight is 323 g/mol. The Morgan fingerprint density at radius 1 is 1.30 bits per heavy atom. The lowest BCUT2D eigenvalue weighted by molar-refractivity contribution is -0.149. The number of rotatable bonds is 8. The van der Waals surface area contributed by atoms with Crippen LogP contribution in [0.1, 0.15) is 32.6 Å². The summed E-state index contributed by atoms with van der Waals surface area (Å²) >= 11 is 0. The van der Waals surface area contributed by atoms with E-state index in [1.807, 2.05) is 6.92 Å². The van der Waals surface area contributed by atoms with Crippen LogP contribution in [0.15, 0.2) is 24.3 Å². The molecule has 4 nitrogen and oxygen atoms in total. The van der Waals surface area contributed by atoms with E-state index < -0.39 is 0 Å². The Labute approximate surface area is 137 Å². The lowest BCUT2D eigenvalue weighted by atomic mass is 9.98. The van der Waals surface area contributed by atoms with Gasteiger partial charge < -0.3 is 14.4 Å². The first-order valence-electron chi connectivity index (χ1n) is 8.46. The number of benzene rings is 1. The molecule has 23 heavy (non-hydrogen) atoms. The summed E-state index contributed by atoms with van der Waals surface area (Å²) in [5.74, 6) is 0.418. The molecule has 1 aliphatic heterocycles. The number of nitrogens with zero attached hydrogens (tertiary/aromatic N) is 1. The predicted molar refractivity (Wildman–Crippen MR) is 86.9 cm³/mol. The highest BCUT2D eigenvalue weighted by Crippen LogP contribution is 2.18. The number of esters is 1. The van der Waals surface area contributed by atoms with Gasteiger partial charge >= 0.3 is 5.97 Å². The highest BCUT2D eigenvalue weighted by molar-refractivity contribution is 5.72. The van der Waals surface area contributed by atoms with Crippen molar-refractivity contribution in [1.82, 2.24) is 4.90 Å². The van der Waals surface area contributed by atoms with Crippen LogP contribution >= 0.6 is 0 Å². The number of likely N-dealkylation sites (tertiary alicyclic amines) is 1. The number of carbonyl (C=O) groups excluding carboxylic acids is 1. The van der Waals surface area contributed by atoms with Crippen molar-refractivity contribution in [2.45, 2.75) is 32.6 Å². The third-order valence-corrected chi connectivity index (χ3v) is 4.08. The molecule has 5 heteroatoms. The summed E-state index contributed by atoms with van der Waals surface area (Å²) in [5.41, 5.74) is 0. The quantitative estimate of drug-likeness (QED) is 0.544. The van der Waals surface area contributed by atoms with Crippen molar-refractivity contribution in [3.63, 3.8) is 0 Å². The molecule has 0 saturated carbocycles. The van der Waals surface area contributed by atoms with Gasteiger partial charge in [-0.3, -0.25) is 4.79 Å². The topological polar surface area (TPSA) is 38.8 Å². The Balaban J connectivity index is 1.60. The first kappa shape index (κ1) is 17.7. The summed E-state index contributed by atoms with van der Waals surface area (Å²) in [5, 5.41) is 0. The second-order valence-corrected chi connectivity index (χ2v) is 5.90. The van der Waals surface area contributed by atoms with Crippen molar-refractivity contribution < 1.29 is 18.7 Å². The van der Waals surface area contributed by atoms with Crippen molar-refractivity contribution in [3.05, 3.63) is 30.1 Å². The molecular weight excluding hydrogens is 297 g/mol. The highest BCUT2D eigenvalue weighted by atomic mass is 19.1. The maximum Gasteiger partial charge on any atom is 0.310 e. The minimum absolute atomic E-state index is 0.0270. The van der Waals surface area contributed by atoms with Gasteiger partial charge in [-0.15, -0.1) is 0 Å². The van der Waals surface area contributed by atoms with Gasteiger partial charge in [0.05, 0.1) is 19.1 Å². The summed E-state index contributed by atoms with van der Waals surface area (Å²) < 4.78 is 23.5. The van der Waals surface area contributed by atoms with Crippen LogP contribution in [0.2, 0.25) is 0 Å². The lowest BCUT2D eigenvalue weighted by Gasteiger charge is -2.31. The van der Waals surface area contributed by atoms with Gasteiger partial charge in [-0.2, -0.15) is 0 Å². The highest BCUT2D eigenvalue weighted by Gasteiger charge is 2.26. The Morgan fingerprint density at radius 2 is 2.09 bits per heavy atom. The Hall–Kier alpha value is -1.62. The molecule has 0 bridgehead atoms. The monoisotopic (exact) mass is 323 g/mol. The second-order valence-electron chi connectivity index (χ2n) is 5.90. The molecule has 0 radical (unpaired) electrons. The van der Waals surface area contributed by atoms with E-state index in [1.54, 1.807) is 12.1 Å². The Morgan fingerprint density at radius 3 is 2.83 bits per heavy atom. The Bertz CT molecular complexity index is 478. The minimum Gasteiger partial charge on any atom is -0.494 e. The molecular formula is C18H26FNO3. The van der Waals surface area contributed by atoms with Crippen molar-refractivity contribution in [3.8, 4) is 5.75 Å². The van der Waals surface area contributed by atoms with Gasteiger partial charge in [-0.25, -0.2) is 4.39 Å². The summed E-state index contributed by atoms with van der Waals surface area (Å²) in [6, 6.07) is 6.09. The van der Waals surface area contributed by atoms with Gasteiger partial charge in [-0.1, -0.05) is 0 Å². The first-order chi connectivity index (χ1) is 11.2. The molecule has 1 aromatic carbocycles. The zero-order chi connectivity index (χ0) is 16.5. The minimum atomic E-state index is -0.251. The van der Waals surface area contributed by atoms with E-state index in [2.05, 4.69) is 4.90 Å². The zero-order valence-electron chi connectivity index (χ0n) is 13.8. The summed E-state index contributed by atoms with van der Waals surface area (Å²) in [7, 11) is 0. The van der Waals surface area contributed by atoms with Crippen molar-refractivity contribution in [2.75, 3.05) is 32.8 Å². The number of hydrogen-bond donors (Lipinski definition) is 0. The van der Waals surface area contributed by atoms with Crippen LogP contribution in [0.25, 0.3) is 0 Å². The average Bonchev–Trinajstić information content (AvgIpc) is 2.57. The fraction of sp³-hybridized carbons (Fsp3) is 0.611.